The van der Waals surface area contributed by atoms with Crippen molar-refractivity contribution in [1.29, 1.82) is 0 Å². The number of aromatic nitrogens is 3. The second-order valence-corrected chi connectivity index (χ2v) is 8.63. The largest absolute Gasteiger partial charge is 0.490 e. The molecule has 1 aliphatic rings. The molecule has 4 rings (SSSR count). The van der Waals surface area contributed by atoms with Gasteiger partial charge in [-0.1, -0.05) is 29.5 Å². The Bertz CT molecular complexity index is 1100. The van der Waals surface area contributed by atoms with Crippen LogP contribution in [0.15, 0.2) is 35.5 Å². The lowest BCUT2D eigenvalue weighted by atomic mass is 10.1. The second kappa shape index (κ2) is 9.01. The predicted octanol–water partition coefficient (Wildman–Crippen LogP) is 4.30. The summed E-state index contributed by atoms with van der Waals surface area (Å²) in [6, 6.07) is 9.91. The van der Waals surface area contributed by atoms with Gasteiger partial charge in [0.25, 0.3) is 0 Å². The van der Waals surface area contributed by atoms with E-state index in [1.54, 1.807) is 0 Å². The third kappa shape index (κ3) is 4.69. The van der Waals surface area contributed by atoms with Crippen LogP contribution in [0.25, 0.3) is 11.4 Å². The monoisotopic (exact) mass is 438 g/mol. The lowest BCUT2D eigenvalue weighted by Crippen LogP contribution is -2.16. The lowest BCUT2D eigenvalue weighted by molar-refractivity contribution is -0.113. The van der Waals surface area contributed by atoms with Gasteiger partial charge in [-0.2, -0.15) is 0 Å². The molecule has 0 unspecified atom stereocenters. The smallest absolute Gasteiger partial charge is 0.234 e. The van der Waals surface area contributed by atoms with Crippen LogP contribution in [-0.4, -0.2) is 39.6 Å². The molecule has 0 fully saturated rings. The maximum atomic E-state index is 12.5. The summed E-state index contributed by atoms with van der Waals surface area (Å²) in [5.74, 6) is 2.36. The van der Waals surface area contributed by atoms with Crippen LogP contribution in [-0.2, 0) is 11.8 Å². The van der Waals surface area contributed by atoms with E-state index in [1.165, 1.54) is 17.3 Å². The highest BCUT2D eigenvalue weighted by molar-refractivity contribution is 7.99. The average Bonchev–Trinajstić information content (AvgIpc) is 2.94. The Balaban J connectivity index is 1.44. The van der Waals surface area contributed by atoms with Crippen LogP contribution in [0.4, 0.5) is 5.69 Å². The van der Waals surface area contributed by atoms with Crippen molar-refractivity contribution in [2.24, 2.45) is 7.05 Å². The predicted molar refractivity (Wildman–Crippen MR) is 122 cm³/mol. The first-order chi connectivity index (χ1) is 14.9. The molecule has 0 radical (unpaired) electrons. The van der Waals surface area contributed by atoms with Crippen molar-refractivity contribution in [1.82, 2.24) is 14.8 Å². The fourth-order valence-electron chi connectivity index (χ4n) is 3.68. The average molecular weight is 439 g/mol. The normalized spacial score (nSPS) is 13.0. The Morgan fingerprint density at radius 2 is 1.77 bits per heavy atom. The van der Waals surface area contributed by atoms with Crippen molar-refractivity contribution >= 4 is 23.4 Å². The Labute approximate surface area is 186 Å². The minimum atomic E-state index is -0.0693. The lowest BCUT2D eigenvalue weighted by Gasteiger charge is -2.12. The van der Waals surface area contributed by atoms with Crippen molar-refractivity contribution in [2.75, 3.05) is 24.3 Å². The van der Waals surface area contributed by atoms with Crippen LogP contribution in [0.1, 0.15) is 23.1 Å². The minimum absolute atomic E-state index is 0.0693. The number of thioether (sulfide) groups is 1. The van der Waals surface area contributed by atoms with Crippen LogP contribution in [0.2, 0.25) is 0 Å². The second-order valence-electron chi connectivity index (χ2n) is 7.69. The van der Waals surface area contributed by atoms with Gasteiger partial charge in [0.15, 0.2) is 22.5 Å². The third-order valence-electron chi connectivity index (χ3n) is 5.11. The van der Waals surface area contributed by atoms with Gasteiger partial charge >= 0.3 is 0 Å². The van der Waals surface area contributed by atoms with E-state index >= 15 is 0 Å². The maximum absolute atomic E-state index is 12.5. The molecular formula is C23H26N4O3S. The van der Waals surface area contributed by atoms with Gasteiger partial charge in [-0.15, -0.1) is 10.2 Å². The summed E-state index contributed by atoms with van der Waals surface area (Å²) in [6.07, 6.45) is 0.860. The van der Waals surface area contributed by atoms with Gasteiger partial charge in [0.05, 0.1) is 19.0 Å². The maximum Gasteiger partial charge on any atom is 0.234 e. The van der Waals surface area contributed by atoms with Gasteiger partial charge in [0.2, 0.25) is 5.91 Å². The van der Waals surface area contributed by atoms with Gasteiger partial charge in [-0.3, -0.25) is 4.79 Å². The van der Waals surface area contributed by atoms with E-state index in [0.717, 1.165) is 40.3 Å². The number of nitrogens with one attached hydrogen (secondary N) is 1. The van der Waals surface area contributed by atoms with E-state index in [1.807, 2.05) is 43.7 Å². The number of amides is 1. The van der Waals surface area contributed by atoms with Crippen LogP contribution in [0.5, 0.6) is 11.5 Å². The van der Waals surface area contributed by atoms with Crippen LogP contribution in [0, 0.1) is 20.8 Å². The van der Waals surface area contributed by atoms with E-state index in [-0.39, 0.29) is 11.7 Å². The highest BCUT2D eigenvalue weighted by atomic mass is 32.2. The molecule has 0 spiro atoms. The number of hydrogen-bond donors (Lipinski definition) is 1. The fourth-order valence-corrected chi connectivity index (χ4v) is 4.39. The summed E-state index contributed by atoms with van der Waals surface area (Å²) in [5, 5.41) is 12.3. The number of nitrogens with zero attached hydrogens (tertiary/aromatic N) is 3. The molecule has 162 valence electrons. The number of aryl methyl sites for hydroxylation is 3. The zero-order chi connectivity index (χ0) is 22.0. The van der Waals surface area contributed by atoms with Crippen molar-refractivity contribution in [3.63, 3.8) is 0 Å². The number of rotatable bonds is 5. The van der Waals surface area contributed by atoms with Gasteiger partial charge in [0, 0.05) is 24.7 Å². The van der Waals surface area contributed by atoms with E-state index in [4.69, 9.17) is 9.47 Å². The number of fused-ring (bicyclic) bond motifs is 1. The number of anilines is 1. The molecule has 7 nitrogen and oxygen atoms in total. The highest BCUT2D eigenvalue weighted by Gasteiger charge is 2.17. The summed E-state index contributed by atoms with van der Waals surface area (Å²) < 4.78 is 13.4. The summed E-state index contributed by atoms with van der Waals surface area (Å²) in [7, 11) is 1.90. The molecule has 0 saturated carbocycles. The molecule has 0 aliphatic carbocycles. The molecule has 1 aliphatic heterocycles. The standard InChI is InChI=1S/C23H26N4O3S/c1-14-10-15(2)21(16(3)11-14)24-20(28)13-31-23-26-25-22(27(23)4)17-6-7-18-19(12-17)30-9-5-8-29-18/h6-7,10-12H,5,8-9,13H2,1-4H3,(H,24,28). The van der Waals surface area contributed by atoms with Crippen LogP contribution >= 0.6 is 11.8 Å². The van der Waals surface area contributed by atoms with Crippen LogP contribution < -0.4 is 14.8 Å². The van der Waals surface area contributed by atoms with Gasteiger partial charge in [0.1, 0.15) is 0 Å². The fraction of sp³-hybridized carbons (Fsp3) is 0.348. The van der Waals surface area contributed by atoms with E-state index in [0.29, 0.717) is 24.2 Å². The number of ether oxygens (including phenoxy) is 2. The number of carbonyl (C=O) groups is 1. The summed E-state index contributed by atoms with van der Waals surface area (Å²) in [6.45, 7) is 7.35. The van der Waals surface area contributed by atoms with Gasteiger partial charge in [-0.25, -0.2) is 0 Å². The molecule has 2 heterocycles. The number of carbonyl (C=O) groups excluding carboxylic acids is 1. The molecule has 0 bridgehead atoms. The topological polar surface area (TPSA) is 78.3 Å². The first-order valence-corrected chi connectivity index (χ1v) is 11.2. The molecule has 1 N–H and O–H groups in total. The Kier molecular flexibility index (Phi) is 6.18. The molecule has 3 aromatic rings. The molecule has 0 saturated heterocycles. The molecule has 0 atom stereocenters. The molecule has 1 aromatic heterocycles. The molecule has 31 heavy (non-hydrogen) atoms. The number of hydrogen-bond acceptors (Lipinski definition) is 6. The zero-order valence-corrected chi connectivity index (χ0v) is 19.0. The summed E-state index contributed by atoms with van der Waals surface area (Å²) in [4.78, 5) is 12.5. The Hall–Kier alpha value is -3.00. The third-order valence-corrected chi connectivity index (χ3v) is 6.13. The summed E-state index contributed by atoms with van der Waals surface area (Å²) >= 11 is 1.36. The van der Waals surface area contributed by atoms with Crippen LogP contribution in [0.3, 0.4) is 0 Å². The summed E-state index contributed by atoms with van der Waals surface area (Å²) in [5.41, 5.74) is 5.07. The van der Waals surface area contributed by atoms with Crippen molar-refractivity contribution in [2.45, 2.75) is 32.3 Å². The first-order valence-electron chi connectivity index (χ1n) is 10.2. The zero-order valence-electron chi connectivity index (χ0n) is 18.2. The van der Waals surface area contributed by atoms with Gasteiger partial charge in [-0.05, 0) is 50.1 Å². The molecule has 1 amide bonds. The van der Waals surface area contributed by atoms with E-state index in [2.05, 4.69) is 34.6 Å². The van der Waals surface area contributed by atoms with Crippen molar-refractivity contribution in [3.05, 3.63) is 47.0 Å². The van der Waals surface area contributed by atoms with Crippen molar-refractivity contribution in [3.8, 4) is 22.9 Å². The quantitative estimate of drug-likeness (QED) is 0.599. The SMILES string of the molecule is Cc1cc(C)c(NC(=O)CSc2nnc(-c3ccc4c(c3)OCCCO4)n2C)c(C)c1. The molecule has 8 heteroatoms. The molecular weight excluding hydrogens is 412 g/mol. The molecule has 2 aromatic carbocycles. The Morgan fingerprint density at radius 3 is 2.52 bits per heavy atom. The first kappa shape index (κ1) is 21.2. The van der Waals surface area contributed by atoms with Crippen molar-refractivity contribution < 1.29 is 14.3 Å². The number of benzene rings is 2. The Morgan fingerprint density at radius 1 is 1.06 bits per heavy atom. The van der Waals surface area contributed by atoms with E-state index in [9.17, 15) is 4.79 Å². The minimum Gasteiger partial charge on any atom is -0.490 e. The van der Waals surface area contributed by atoms with E-state index < -0.39 is 0 Å². The highest BCUT2D eigenvalue weighted by Crippen LogP contribution is 2.34. The van der Waals surface area contributed by atoms with Gasteiger partial charge < -0.3 is 19.4 Å².